The fraction of sp³-hybridized carbons (Fsp3) is 0.600. The lowest BCUT2D eigenvalue weighted by Crippen LogP contribution is -2.59. The minimum absolute atomic E-state index is 0.0155. The second-order valence-electron chi connectivity index (χ2n) is 9.56. The Morgan fingerprint density at radius 3 is 2.43 bits per heavy atom. The fourth-order valence-corrected chi connectivity index (χ4v) is 5.40. The average molecular weight is 519 g/mol. The van der Waals surface area contributed by atoms with E-state index in [1.807, 2.05) is 6.92 Å². The average Bonchev–Trinajstić information content (AvgIpc) is 3.50. The van der Waals surface area contributed by atoms with Gasteiger partial charge >= 0.3 is 6.18 Å². The van der Waals surface area contributed by atoms with Crippen molar-refractivity contribution in [3.05, 3.63) is 40.1 Å². The molecule has 9 nitrogen and oxygen atoms in total. The maximum atomic E-state index is 13.4. The molecule has 1 aliphatic heterocycles. The summed E-state index contributed by atoms with van der Waals surface area (Å²) in [6.07, 6.45) is -1.23. The minimum atomic E-state index is -4.50. The number of rotatable bonds is 7. The second-order valence-corrected chi connectivity index (χ2v) is 9.56. The van der Waals surface area contributed by atoms with Gasteiger partial charge in [-0.15, -0.1) is 0 Å². The molecule has 0 amide bonds. The SMILES string of the molecule is CC[C@H]1CN(C(C)c2cc(C(F)(F)F)nn2CC)[C@H](CC)CN1c1cc(=O)n(C)c2cn(CC#N)nc12. The van der Waals surface area contributed by atoms with Crippen molar-refractivity contribution in [2.45, 2.75) is 77.9 Å². The predicted molar refractivity (Wildman–Crippen MR) is 134 cm³/mol. The van der Waals surface area contributed by atoms with Gasteiger partial charge in [0, 0.05) is 50.9 Å². The summed E-state index contributed by atoms with van der Waals surface area (Å²) in [7, 11) is 1.69. The number of aromatic nitrogens is 5. The van der Waals surface area contributed by atoms with Gasteiger partial charge < -0.3 is 9.47 Å². The van der Waals surface area contributed by atoms with E-state index >= 15 is 0 Å². The van der Waals surface area contributed by atoms with Gasteiger partial charge in [0.15, 0.2) is 5.69 Å². The molecule has 12 heteroatoms. The highest BCUT2D eigenvalue weighted by Gasteiger charge is 2.39. The van der Waals surface area contributed by atoms with Crippen molar-refractivity contribution in [2.75, 3.05) is 18.0 Å². The van der Waals surface area contributed by atoms with Crippen molar-refractivity contribution in [1.29, 1.82) is 5.26 Å². The number of nitriles is 1. The van der Waals surface area contributed by atoms with Crippen molar-refractivity contribution < 1.29 is 13.2 Å². The molecule has 4 rings (SSSR count). The van der Waals surface area contributed by atoms with E-state index in [-0.39, 0.29) is 30.2 Å². The molecule has 0 aliphatic carbocycles. The smallest absolute Gasteiger partial charge is 0.364 e. The van der Waals surface area contributed by atoms with E-state index in [0.717, 1.165) is 18.5 Å². The zero-order valence-electron chi connectivity index (χ0n) is 21.8. The molecular formula is C25H33F3N8O. The normalized spacial score (nSPS) is 19.9. The van der Waals surface area contributed by atoms with Gasteiger partial charge in [0.05, 0.1) is 29.2 Å². The summed E-state index contributed by atoms with van der Waals surface area (Å²) in [5.74, 6) is 0. The molecule has 4 heterocycles. The van der Waals surface area contributed by atoms with Gasteiger partial charge in [0.1, 0.15) is 12.1 Å². The Kier molecular flexibility index (Phi) is 7.37. The monoisotopic (exact) mass is 518 g/mol. The van der Waals surface area contributed by atoms with E-state index in [1.54, 1.807) is 26.2 Å². The Morgan fingerprint density at radius 2 is 1.84 bits per heavy atom. The van der Waals surface area contributed by atoms with E-state index in [1.165, 1.54) is 20.0 Å². The van der Waals surface area contributed by atoms with Crippen LogP contribution in [0.15, 0.2) is 23.1 Å². The standard InChI is InChI=1S/C25H33F3N8O/c1-6-17-14-35(20-12-23(37)32(5)21-15-33(10-9-29)31-24(20)21)18(7-2)13-34(17)16(4)19-11-22(25(26,27)28)30-36(19)8-3/h11-12,15-18H,6-8,10,13-14H2,1-5H3/t16?,17-,18+/m1/s1. The molecule has 1 fully saturated rings. The maximum Gasteiger partial charge on any atom is 0.435 e. The van der Waals surface area contributed by atoms with Crippen molar-refractivity contribution in [1.82, 2.24) is 29.0 Å². The first-order valence-corrected chi connectivity index (χ1v) is 12.6. The van der Waals surface area contributed by atoms with Crippen LogP contribution < -0.4 is 10.5 Å². The number of nitrogens with zero attached hydrogens (tertiary/aromatic N) is 8. The number of alkyl halides is 3. The van der Waals surface area contributed by atoms with E-state index in [9.17, 15) is 18.0 Å². The summed E-state index contributed by atoms with van der Waals surface area (Å²) in [5.41, 5.74) is 1.55. The number of piperazine rings is 1. The first-order chi connectivity index (χ1) is 17.5. The Bertz CT molecular complexity index is 1370. The lowest BCUT2D eigenvalue weighted by molar-refractivity contribution is -0.141. The van der Waals surface area contributed by atoms with E-state index in [2.05, 4.69) is 39.9 Å². The van der Waals surface area contributed by atoms with Crippen LogP contribution in [0.4, 0.5) is 18.9 Å². The number of hydrogen-bond acceptors (Lipinski definition) is 6. The number of pyridine rings is 1. The van der Waals surface area contributed by atoms with Gasteiger partial charge in [-0.25, -0.2) is 0 Å². The van der Waals surface area contributed by atoms with Gasteiger partial charge in [-0.3, -0.25) is 19.1 Å². The Hall–Kier alpha value is -3.33. The minimum Gasteiger partial charge on any atom is -0.364 e. The van der Waals surface area contributed by atoms with Gasteiger partial charge in [0.25, 0.3) is 5.56 Å². The van der Waals surface area contributed by atoms with Crippen LogP contribution in [0.2, 0.25) is 0 Å². The summed E-state index contributed by atoms with van der Waals surface area (Å²) in [5, 5.41) is 17.6. The number of aryl methyl sites for hydroxylation is 2. The first-order valence-electron chi connectivity index (χ1n) is 12.6. The highest BCUT2D eigenvalue weighted by Crippen LogP contribution is 2.36. The lowest BCUT2D eigenvalue weighted by atomic mass is 9.98. The van der Waals surface area contributed by atoms with E-state index in [4.69, 9.17) is 5.26 Å². The molecule has 200 valence electrons. The molecule has 3 aromatic rings. The number of halogens is 3. The van der Waals surface area contributed by atoms with Crippen LogP contribution >= 0.6 is 0 Å². The summed E-state index contributed by atoms with van der Waals surface area (Å²) < 4.78 is 44.7. The summed E-state index contributed by atoms with van der Waals surface area (Å²) in [4.78, 5) is 17.3. The van der Waals surface area contributed by atoms with Crippen LogP contribution in [-0.4, -0.2) is 54.2 Å². The van der Waals surface area contributed by atoms with Crippen LogP contribution in [0.5, 0.6) is 0 Å². The highest BCUT2D eigenvalue weighted by atomic mass is 19.4. The number of anilines is 1. The van der Waals surface area contributed by atoms with Crippen molar-refractivity contribution in [3.63, 3.8) is 0 Å². The molecule has 0 spiro atoms. The molecule has 0 saturated carbocycles. The topological polar surface area (TPSA) is 87.9 Å². The molecule has 37 heavy (non-hydrogen) atoms. The van der Waals surface area contributed by atoms with Gasteiger partial charge in [-0.1, -0.05) is 13.8 Å². The largest absolute Gasteiger partial charge is 0.435 e. The predicted octanol–water partition coefficient (Wildman–Crippen LogP) is 3.93. The Balaban J connectivity index is 1.72. The van der Waals surface area contributed by atoms with Crippen molar-refractivity contribution in [3.8, 4) is 6.07 Å². The van der Waals surface area contributed by atoms with Gasteiger partial charge in [0.2, 0.25) is 0 Å². The summed E-state index contributed by atoms with van der Waals surface area (Å²) >= 11 is 0. The first kappa shape index (κ1) is 26.7. The third-order valence-corrected chi connectivity index (χ3v) is 7.49. The molecule has 1 unspecified atom stereocenters. The highest BCUT2D eigenvalue weighted by molar-refractivity contribution is 5.88. The quantitative estimate of drug-likeness (QED) is 0.471. The molecule has 3 aromatic heterocycles. The molecule has 0 radical (unpaired) electrons. The van der Waals surface area contributed by atoms with Crippen LogP contribution in [-0.2, 0) is 26.3 Å². The zero-order valence-corrected chi connectivity index (χ0v) is 21.8. The molecular weight excluding hydrogens is 485 g/mol. The molecule has 1 aliphatic rings. The fourth-order valence-electron chi connectivity index (χ4n) is 5.40. The lowest BCUT2D eigenvalue weighted by Gasteiger charge is -2.49. The maximum absolute atomic E-state index is 13.4. The Labute approximate surface area is 213 Å². The van der Waals surface area contributed by atoms with Crippen molar-refractivity contribution in [2.24, 2.45) is 7.05 Å². The molecule has 0 bridgehead atoms. The van der Waals surface area contributed by atoms with Crippen LogP contribution in [0.25, 0.3) is 11.0 Å². The molecule has 3 atom stereocenters. The van der Waals surface area contributed by atoms with Crippen LogP contribution in [0, 0.1) is 11.3 Å². The van der Waals surface area contributed by atoms with Crippen LogP contribution in [0.3, 0.4) is 0 Å². The van der Waals surface area contributed by atoms with E-state index < -0.39 is 11.9 Å². The summed E-state index contributed by atoms with van der Waals surface area (Å²) in [6.45, 7) is 9.50. The molecule has 0 N–H and O–H groups in total. The second kappa shape index (κ2) is 10.2. The Morgan fingerprint density at radius 1 is 1.14 bits per heavy atom. The third-order valence-electron chi connectivity index (χ3n) is 7.49. The van der Waals surface area contributed by atoms with Gasteiger partial charge in [-0.05, 0) is 32.8 Å². The summed E-state index contributed by atoms with van der Waals surface area (Å²) in [6, 6.07) is 4.63. The zero-order chi connectivity index (χ0) is 27.1. The van der Waals surface area contributed by atoms with Gasteiger partial charge in [-0.2, -0.15) is 28.6 Å². The molecule has 1 saturated heterocycles. The third kappa shape index (κ3) is 4.84. The van der Waals surface area contributed by atoms with Crippen molar-refractivity contribution >= 4 is 16.7 Å². The number of fused-ring (bicyclic) bond motifs is 1. The van der Waals surface area contributed by atoms with Crippen LogP contribution in [0.1, 0.15) is 58.0 Å². The molecule has 0 aromatic carbocycles. The van der Waals surface area contributed by atoms with E-state index in [0.29, 0.717) is 36.4 Å². The number of hydrogen-bond donors (Lipinski definition) is 0.